The molecule has 1 fully saturated rings. The average Bonchev–Trinajstić information content (AvgIpc) is 2.92. The highest BCUT2D eigenvalue weighted by Crippen LogP contribution is 2.42. The molecule has 1 amide bonds. The third-order valence-electron chi connectivity index (χ3n) is 6.52. The van der Waals surface area contributed by atoms with Gasteiger partial charge in [-0.25, -0.2) is 4.39 Å². The van der Waals surface area contributed by atoms with Gasteiger partial charge in [0, 0.05) is 10.0 Å². The maximum atomic E-state index is 12.4. The molecule has 1 aliphatic heterocycles. The van der Waals surface area contributed by atoms with Gasteiger partial charge in [0.05, 0.1) is 24.6 Å². The molecule has 1 saturated heterocycles. The van der Waals surface area contributed by atoms with Gasteiger partial charge in [-0.05, 0) is 48.2 Å². The lowest BCUT2D eigenvalue weighted by Crippen LogP contribution is -2.51. The minimum absolute atomic E-state index is 0.0718. The Morgan fingerprint density at radius 2 is 1.84 bits per heavy atom. The number of hydrogen-bond donors (Lipinski definition) is 1. The number of nitrogens with zero attached hydrogens (tertiary/aromatic N) is 1. The summed E-state index contributed by atoms with van der Waals surface area (Å²) in [4.78, 5) is 14.3. The third-order valence-corrected chi connectivity index (χ3v) is 7.01. The lowest BCUT2D eigenvalue weighted by atomic mass is 9.89. The normalized spacial score (nSPS) is 19.0. The van der Waals surface area contributed by atoms with Crippen LogP contribution in [0.5, 0.6) is 5.75 Å². The zero-order chi connectivity index (χ0) is 26.2. The van der Waals surface area contributed by atoms with Crippen molar-refractivity contribution in [1.29, 1.82) is 0 Å². The molecular formula is C31H31BrFNO3. The second-order valence-electron chi connectivity index (χ2n) is 9.07. The van der Waals surface area contributed by atoms with Gasteiger partial charge in [-0.2, -0.15) is 0 Å². The Labute approximate surface area is 226 Å². The molecule has 1 heterocycles. The van der Waals surface area contributed by atoms with Crippen LogP contribution in [0.25, 0.3) is 0 Å². The maximum absolute atomic E-state index is 12.4. The number of likely N-dealkylation sites (tertiary alicyclic amines) is 1. The third kappa shape index (κ3) is 6.96. The number of carbonyl (C=O) groups excluding carboxylic acids is 1. The first kappa shape index (κ1) is 26.8. The largest absolute Gasteiger partial charge is 0.489 e. The van der Waals surface area contributed by atoms with E-state index in [0.717, 1.165) is 33.3 Å². The molecule has 192 valence electrons. The van der Waals surface area contributed by atoms with Crippen LogP contribution in [0, 0.1) is 5.82 Å². The summed E-state index contributed by atoms with van der Waals surface area (Å²) in [5.41, 5.74) is 2.97. The van der Waals surface area contributed by atoms with Crippen molar-refractivity contribution in [1.82, 2.24) is 4.90 Å². The second-order valence-corrected chi connectivity index (χ2v) is 9.98. The summed E-state index contributed by atoms with van der Waals surface area (Å²) < 4.78 is 19.5. The van der Waals surface area contributed by atoms with Crippen molar-refractivity contribution in [2.75, 3.05) is 0 Å². The monoisotopic (exact) mass is 563 g/mol. The Morgan fingerprint density at radius 3 is 2.49 bits per heavy atom. The highest BCUT2D eigenvalue weighted by molar-refractivity contribution is 9.10. The Bertz CT molecular complexity index is 1240. The van der Waals surface area contributed by atoms with Crippen LogP contribution in [0.15, 0.2) is 102 Å². The molecule has 0 saturated carbocycles. The number of benzene rings is 3. The lowest BCUT2D eigenvalue weighted by molar-refractivity contribution is -0.148. The van der Waals surface area contributed by atoms with Crippen molar-refractivity contribution in [3.05, 3.63) is 124 Å². The Kier molecular flexibility index (Phi) is 9.31. The molecule has 0 aromatic heterocycles. The van der Waals surface area contributed by atoms with Crippen molar-refractivity contribution in [3.8, 4) is 5.75 Å². The summed E-state index contributed by atoms with van der Waals surface area (Å²) in [7, 11) is 0. The van der Waals surface area contributed by atoms with Gasteiger partial charge in [-0.15, -0.1) is 0 Å². The van der Waals surface area contributed by atoms with Gasteiger partial charge in [0.25, 0.3) is 0 Å². The molecule has 5 rings (SSSR count). The minimum atomic E-state index is -0.462. The van der Waals surface area contributed by atoms with Crippen LogP contribution in [0.4, 0.5) is 4.39 Å². The van der Waals surface area contributed by atoms with Crippen molar-refractivity contribution in [2.45, 2.75) is 51.0 Å². The second kappa shape index (κ2) is 12.8. The Hall–Kier alpha value is -3.22. The Balaban J connectivity index is 0.000000245. The topological polar surface area (TPSA) is 49.8 Å². The van der Waals surface area contributed by atoms with Crippen LogP contribution in [-0.4, -0.2) is 22.0 Å². The van der Waals surface area contributed by atoms with Crippen molar-refractivity contribution < 1.29 is 19.0 Å². The van der Waals surface area contributed by atoms with Gasteiger partial charge in [0.2, 0.25) is 5.91 Å². The summed E-state index contributed by atoms with van der Waals surface area (Å²) in [6, 6.07) is 22.3. The van der Waals surface area contributed by atoms with E-state index in [1.165, 1.54) is 12.1 Å². The molecular weight excluding hydrogens is 533 g/mol. The predicted octanol–water partition coefficient (Wildman–Crippen LogP) is 7.46. The molecule has 3 aromatic rings. The van der Waals surface area contributed by atoms with Crippen LogP contribution in [0.1, 0.15) is 55.0 Å². The van der Waals surface area contributed by atoms with Crippen LogP contribution in [0.2, 0.25) is 0 Å². The van der Waals surface area contributed by atoms with Crippen molar-refractivity contribution in [2.24, 2.45) is 0 Å². The number of rotatable bonds is 7. The number of aliphatic hydroxyl groups excluding tert-OH is 1. The molecule has 2 aliphatic rings. The van der Waals surface area contributed by atoms with Gasteiger partial charge in [0.1, 0.15) is 18.2 Å². The number of allylic oxidation sites excluding steroid dienone is 2. The number of carbonyl (C=O) groups is 1. The zero-order valence-corrected chi connectivity index (χ0v) is 22.4. The summed E-state index contributed by atoms with van der Waals surface area (Å²) in [6.07, 6.45) is 9.87. The first-order valence-electron chi connectivity index (χ1n) is 12.5. The fourth-order valence-electron chi connectivity index (χ4n) is 4.44. The number of amides is 1. The van der Waals surface area contributed by atoms with E-state index >= 15 is 0 Å². The smallest absolute Gasteiger partial charge is 0.226 e. The quantitative estimate of drug-likeness (QED) is 0.303. The molecule has 3 atom stereocenters. The van der Waals surface area contributed by atoms with E-state index in [1.54, 1.807) is 12.1 Å². The summed E-state index contributed by atoms with van der Waals surface area (Å²) in [6.45, 7) is 2.39. The van der Waals surface area contributed by atoms with Crippen LogP contribution in [-0.2, 0) is 11.4 Å². The molecule has 3 aromatic carbocycles. The van der Waals surface area contributed by atoms with E-state index in [4.69, 9.17) is 4.74 Å². The molecule has 0 spiro atoms. The predicted molar refractivity (Wildman–Crippen MR) is 147 cm³/mol. The highest BCUT2D eigenvalue weighted by atomic mass is 79.9. The molecule has 1 N–H and O–H groups in total. The molecule has 1 aliphatic carbocycles. The zero-order valence-electron chi connectivity index (χ0n) is 20.8. The molecule has 3 unspecified atom stereocenters. The van der Waals surface area contributed by atoms with E-state index in [9.17, 15) is 14.3 Å². The SMILES string of the molecule is CCC(O)c1ccc(F)cc1.O=C1CC(c2ccc(Br)cc2OCc2ccccc2)N1C1C=CC=CC1. The summed E-state index contributed by atoms with van der Waals surface area (Å²) >= 11 is 3.53. The molecule has 37 heavy (non-hydrogen) atoms. The first-order valence-corrected chi connectivity index (χ1v) is 13.3. The first-order chi connectivity index (χ1) is 18.0. The van der Waals surface area contributed by atoms with Gasteiger partial charge >= 0.3 is 0 Å². The van der Waals surface area contributed by atoms with Crippen molar-refractivity contribution in [3.63, 3.8) is 0 Å². The van der Waals surface area contributed by atoms with Crippen LogP contribution >= 0.6 is 15.9 Å². The molecule has 0 bridgehead atoms. The number of ether oxygens (including phenoxy) is 1. The van der Waals surface area contributed by atoms with E-state index in [2.05, 4.69) is 46.3 Å². The van der Waals surface area contributed by atoms with Gasteiger partial charge < -0.3 is 14.7 Å². The number of β-lactam (4-membered cyclic amide) rings is 1. The number of aliphatic hydroxyl groups is 1. The molecule has 6 heteroatoms. The number of hydrogen-bond acceptors (Lipinski definition) is 3. The lowest BCUT2D eigenvalue weighted by Gasteiger charge is -2.45. The van der Waals surface area contributed by atoms with E-state index in [1.807, 2.05) is 54.3 Å². The van der Waals surface area contributed by atoms with Crippen LogP contribution in [0.3, 0.4) is 0 Å². The summed E-state index contributed by atoms with van der Waals surface area (Å²) in [5, 5.41) is 9.30. The average molecular weight is 564 g/mol. The van der Waals surface area contributed by atoms with Gasteiger partial charge in [-0.1, -0.05) is 95.7 Å². The maximum Gasteiger partial charge on any atom is 0.226 e. The van der Waals surface area contributed by atoms with Crippen LogP contribution < -0.4 is 4.74 Å². The van der Waals surface area contributed by atoms with E-state index in [-0.39, 0.29) is 23.8 Å². The molecule has 4 nitrogen and oxygen atoms in total. The Morgan fingerprint density at radius 1 is 1.08 bits per heavy atom. The van der Waals surface area contributed by atoms with Gasteiger partial charge in [-0.3, -0.25) is 4.79 Å². The fraction of sp³-hybridized carbons (Fsp3) is 0.258. The van der Waals surface area contributed by atoms with E-state index < -0.39 is 6.10 Å². The number of halogens is 2. The minimum Gasteiger partial charge on any atom is -0.489 e. The van der Waals surface area contributed by atoms with Crippen molar-refractivity contribution >= 4 is 21.8 Å². The van der Waals surface area contributed by atoms with Gasteiger partial charge in [0.15, 0.2) is 0 Å². The standard InChI is InChI=1S/C22H20BrNO2.C9H11FO/c23-17-11-12-19(21(13-17)26-15-16-7-3-1-4-8-16)20-14-22(25)24(20)18-9-5-2-6-10-18;1-2-9(11)7-3-5-8(10)6-4-7/h1-9,11-13,18,20H,10,14-15H2;3-6,9,11H,2H2,1H3. The fourth-order valence-corrected chi connectivity index (χ4v) is 4.78. The highest BCUT2D eigenvalue weighted by Gasteiger charge is 2.42. The summed E-state index contributed by atoms with van der Waals surface area (Å²) in [5.74, 6) is 0.773. The molecule has 0 radical (unpaired) electrons. The van der Waals surface area contributed by atoms with E-state index in [0.29, 0.717) is 19.4 Å².